The van der Waals surface area contributed by atoms with Crippen molar-refractivity contribution in [3.05, 3.63) is 202 Å². The lowest BCUT2D eigenvalue weighted by molar-refractivity contribution is -0.154. The van der Waals surface area contributed by atoms with Gasteiger partial charge in [0, 0.05) is 16.5 Å². The summed E-state index contributed by atoms with van der Waals surface area (Å²) in [5.41, 5.74) is 4.94. The Morgan fingerprint density at radius 2 is 1.34 bits per heavy atom. The Morgan fingerprint density at radius 1 is 0.806 bits per heavy atom. The van der Waals surface area contributed by atoms with Gasteiger partial charge < -0.3 is 20.2 Å². The molecule has 1 saturated carbocycles. The predicted octanol–water partition coefficient (Wildman–Crippen LogP) is 9.06. The number of anilines is 1. The Balaban J connectivity index is 0.979. The number of β-lactam (4-membered cyclic amide) rings is 1. The molecule has 2 fully saturated rings. The monoisotopic (exact) mass is 923 g/mol. The Hall–Kier alpha value is -6.02. The van der Waals surface area contributed by atoms with Gasteiger partial charge in [0.05, 0.1) is 0 Å². The van der Waals surface area contributed by atoms with Gasteiger partial charge in [-0.1, -0.05) is 173 Å². The first kappa shape index (κ1) is 41.3. The number of rotatable bonds is 16. The number of aromatic nitrogens is 1. The van der Waals surface area contributed by atoms with E-state index in [-0.39, 0.29) is 11.4 Å². The fourth-order valence-electron chi connectivity index (χ4n) is 7.81. The molecule has 3 aliphatic rings. The number of esters is 1. The first-order chi connectivity index (χ1) is 30.4. The summed E-state index contributed by atoms with van der Waals surface area (Å²) in [5, 5.41) is 13.2. The van der Waals surface area contributed by atoms with Crippen LogP contribution in [-0.4, -0.2) is 62.5 Å². The van der Waals surface area contributed by atoms with E-state index in [2.05, 4.69) is 68.1 Å². The lowest BCUT2D eigenvalue weighted by Gasteiger charge is -2.49. The Labute approximate surface area is 376 Å². The Kier molecular flexibility index (Phi) is 12.4. The van der Waals surface area contributed by atoms with Gasteiger partial charge in [0.15, 0.2) is 16.9 Å². The number of thioether (sulfide) groups is 1. The van der Waals surface area contributed by atoms with Gasteiger partial charge in [0.1, 0.15) is 35.0 Å². The maximum atomic E-state index is 14.3. The Morgan fingerprint density at radius 3 is 1.85 bits per heavy atom. The van der Waals surface area contributed by atoms with Crippen molar-refractivity contribution in [2.75, 3.05) is 23.0 Å². The number of carbonyl (C=O) groups excluding carboxylic acids is 3. The number of fused-ring (bicyclic) bond motifs is 1. The van der Waals surface area contributed by atoms with E-state index >= 15 is 0 Å². The molecule has 2 N–H and O–H groups in total. The number of carbonyl (C=O) groups is 3. The first-order valence-corrected chi connectivity index (χ1v) is 23.4. The van der Waals surface area contributed by atoms with E-state index in [1.54, 1.807) is 5.38 Å². The highest BCUT2D eigenvalue weighted by atomic mass is 79.9. The van der Waals surface area contributed by atoms with Gasteiger partial charge in [-0.3, -0.25) is 14.5 Å². The molecule has 9 rings (SSSR count). The number of halogens is 1. The van der Waals surface area contributed by atoms with Crippen molar-refractivity contribution < 1.29 is 24.0 Å². The van der Waals surface area contributed by atoms with Crippen LogP contribution in [0.4, 0.5) is 5.13 Å². The molecule has 2 amide bonds. The van der Waals surface area contributed by atoms with Gasteiger partial charge in [0.2, 0.25) is 0 Å². The van der Waals surface area contributed by atoms with Crippen molar-refractivity contribution in [3.63, 3.8) is 0 Å². The van der Waals surface area contributed by atoms with Crippen molar-refractivity contribution in [1.29, 1.82) is 0 Å². The zero-order chi connectivity index (χ0) is 42.5. The number of nitrogens with one attached hydrogen (secondary N) is 2. The highest BCUT2D eigenvalue weighted by Crippen LogP contribution is 2.43. The third kappa shape index (κ3) is 8.44. The second-order valence-corrected chi connectivity index (χ2v) is 17.8. The number of alkyl halides is 1. The molecule has 1 aromatic heterocycles. The van der Waals surface area contributed by atoms with Gasteiger partial charge in [-0.05, 0) is 52.1 Å². The molecule has 1 aliphatic carbocycles. The van der Waals surface area contributed by atoms with E-state index in [0.717, 1.165) is 46.2 Å². The van der Waals surface area contributed by atoms with Crippen molar-refractivity contribution >= 4 is 67.7 Å². The van der Waals surface area contributed by atoms with Crippen LogP contribution in [0, 0.1) is 5.92 Å². The molecule has 312 valence electrons. The average molecular weight is 925 g/mol. The number of ether oxygens (including phenoxy) is 1. The summed E-state index contributed by atoms with van der Waals surface area (Å²) >= 11 is 6.36. The number of thiazole rings is 1. The lowest BCUT2D eigenvalue weighted by atomic mass is 9.77. The third-order valence-electron chi connectivity index (χ3n) is 11.2. The maximum absolute atomic E-state index is 14.3. The summed E-state index contributed by atoms with van der Waals surface area (Å²) in [6.45, 7) is 0.373. The van der Waals surface area contributed by atoms with E-state index in [4.69, 9.17) is 14.6 Å². The van der Waals surface area contributed by atoms with Crippen molar-refractivity contribution in [1.82, 2.24) is 15.2 Å². The number of hydrogen-bond donors (Lipinski definition) is 2. The molecular formula is C49H42BrN5O5S2. The molecule has 2 atom stereocenters. The fourth-order valence-corrected chi connectivity index (χ4v) is 10.6. The fraction of sp³-hybridized carbons (Fsp3) is 0.204. The highest BCUT2D eigenvalue weighted by molar-refractivity contribution is 9.09. The molecule has 13 heteroatoms. The highest BCUT2D eigenvalue weighted by Gasteiger charge is 2.55. The van der Waals surface area contributed by atoms with Crippen LogP contribution >= 0.6 is 39.0 Å². The molecule has 3 heterocycles. The number of benzene rings is 5. The van der Waals surface area contributed by atoms with Gasteiger partial charge in [-0.25, -0.2) is 9.78 Å². The van der Waals surface area contributed by atoms with E-state index in [9.17, 15) is 14.4 Å². The smallest absolute Gasteiger partial charge is 0.356 e. The Bertz CT molecular complexity index is 2460. The predicted molar refractivity (Wildman–Crippen MR) is 247 cm³/mol. The largest absolute Gasteiger partial charge is 0.448 e. The maximum Gasteiger partial charge on any atom is 0.356 e. The number of nitrogens with zero attached hydrogens (tertiary/aromatic N) is 3. The van der Waals surface area contributed by atoms with Crippen molar-refractivity contribution in [2.45, 2.75) is 35.9 Å². The summed E-state index contributed by atoms with van der Waals surface area (Å²) in [5.74, 6) is -0.803. The first-order valence-electron chi connectivity index (χ1n) is 20.4. The number of oxime groups is 1. The standard InChI is InChI=1S/C49H42BrN5O5S2/c50-28-35-30-61-46-41(45(57)55(46)42(35)47(58)60-43(33-16-6-1-7-17-33)34-18-8-2-9-19-34)52-44(56)40(54-59-29-32-26-27-32)39-31-62-48(51-39)53-49(36-20-10-3-11-21-36,37-22-12-4-13-23-37)38-24-14-5-15-25-38/h1-25,31-32,41,43,46H,26-30H2,(H,51,53)(H,52,56)/b54-40-/t41-,46-/m1/s1. The molecule has 10 nitrogen and oxygen atoms in total. The van der Waals surface area contributed by atoms with Gasteiger partial charge in [-0.15, -0.1) is 23.1 Å². The minimum atomic E-state index is -0.932. The summed E-state index contributed by atoms with van der Waals surface area (Å²) in [7, 11) is 0. The van der Waals surface area contributed by atoms with Crippen LogP contribution in [0.3, 0.4) is 0 Å². The van der Waals surface area contributed by atoms with Gasteiger partial charge in [-0.2, -0.15) is 0 Å². The van der Waals surface area contributed by atoms with E-state index in [1.165, 1.54) is 28.0 Å². The lowest BCUT2D eigenvalue weighted by Crippen LogP contribution is -2.71. The quantitative estimate of drug-likeness (QED) is 0.0247. The molecule has 0 unspecified atom stereocenters. The topological polar surface area (TPSA) is 122 Å². The van der Waals surface area contributed by atoms with Gasteiger partial charge >= 0.3 is 5.97 Å². The number of hydrogen-bond acceptors (Lipinski definition) is 10. The molecule has 1 saturated heterocycles. The van der Waals surface area contributed by atoms with Gasteiger partial charge in [0.25, 0.3) is 11.8 Å². The molecule has 0 spiro atoms. The summed E-state index contributed by atoms with van der Waals surface area (Å²) in [6.07, 6.45) is 1.39. The zero-order valence-electron chi connectivity index (χ0n) is 33.4. The molecule has 5 aromatic carbocycles. The van der Waals surface area contributed by atoms with Crippen LogP contribution in [0.15, 0.2) is 173 Å². The summed E-state index contributed by atoms with van der Waals surface area (Å²) < 4.78 is 6.24. The average Bonchev–Trinajstić information content (AvgIpc) is 4.05. The second-order valence-electron chi connectivity index (χ2n) is 15.2. The molecule has 0 bridgehead atoms. The molecule has 6 aromatic rings. The van der Waals surface area contributed by atoms with E-state index < -0.39 is 40.8 Å². The molecule has 0 radical (unpaired) electrons. The van der Waals surface area contributed by atoms with E-state index in [1.807, 2.05) is 115 Å². The van der Waals surface area contributed by atoms with Crippen molar-refractivity contribution in [2.24, 2.45) is 11.1 Å². The molecule has 2 aliphatic heterocycles. The number of amides is 2. The van der Waals surface area contributed by atoms with E-state index in [0.29, 0.717) is 34.4 Å². The molecular weight excluding hydrogens is 883 g/mol. The SMILES string of the molecule is O=C(OC(c1ccccc1)c1ccccc1)C1=C(CBr)CS[C@@H]2[C@H](NC(=O)/C(=N\OCC3CC3)c3csc(NC(c4ccccc4)(c4ccccc4)c4ccccc4)n3)C(=O)N12. The molecule has 62 heavy (non-hydrogen) atoms. The minimum absolute atomic E-state index is 0.0448. The normalized spacial score (nSPS) is 17.5. The van der Waals surface area contributed by atoms with Crippen LogP contribution in [-0.2, 0) is 29.5 Å². The minimum Gasteiger partial charge on any atom is -0.448 e. The van der Waals surface area contributed by atoms with Crippen LogP contribution in [0.25, 0.3) is 0 Å². The van der Waals surface area contributed by atoms with Crippen molar-refractivity contribution in [3.8, 4) is 0 Å². The zero-order valence-corrected chi connectivity index (χ0v) is 36.7. The van der Waals surface area contributed by atoms with Crippen LogP contribution in [0.2, 0.25) is 0 Å². The summed E-state index contributed by atoms with van der Waals surface area (Å²) in [6, 6.07) is 48.7. The van der Waals surface area contributed by atoms with Crippen LogP contribution in [0.5, 0.6) is 0 Å². The second kappa shape index (κ2) is 18.5. The summed E-state index contributed by atoms with van der Waals surface area (Å²) in [4.78, 5) is 54.8. The van der Waals surface area contributed by atoms with Crippen LogP contribution < -0.4 is 10.6 Å². The van der Waals surface area contributed by atoms with Crippen LogP contribution in [0.1, 0.15) is 52.5 Å². The third-order valence-corrected chi connectivity index (χ3v) is 13.9.